The lowest BCUT2D eigenvalue weighted by atomic mass is 10.2. The number of para-hydroxylation sites is 2. The van der Waals surface area contributed by atoms with Gasteiger partial charge in [-0.05, 0) is 54.4 Å². The number of nitrogens with one attached hydrogen (secondary N) is 1. The van der Waals surface area contributed by atoms with E-state index < -0.39 is 10.0 Å². The number of anilines is 2. The van der Waals surface area contributed by atoms with Gasteiger partial charge in [0.05, 0.1) is 15.6 Å². The van der Waals surface area contributed by atoms with E-state index in [9.17, 15) is 13.2 Å². The van der Waals surface area contributed by atoms with Crippen LogP contribution in [0.3, 0.4) is 0 Å². The van der Waals surface area contributed by atoms with Gasteiger partial charge in [0.25, 0.3) is 15.9 Å². The second-order valence-electron chi connectivity index (χ2n) is 6.75. The average Bonchev–Trinajstić information content (AvgIpc) is 3.19. The lowest BCUT2D eigenvalue weighted by Crippen LogP contribution is -2.29. The lowest BCUT2D eigenvalue weighted by Gasteiger charge is -2.19. The molecule has 0 spiro atoms. The molecule has 0 fully saturated rings. The Hall–Kier alpha value is -3.03. The molecule has 1 aliphatic rings. The van der Waals surface area contributed by atoms with Crippen LogP contribution in [0.5, 0.6) is 5.75 Å². The van der Waals surface area contributed by atoms with E-state index in [0.717, 1.165) is 5.56 Å². The van der Waals surface area contributed by atoms with Crippen molar-refractivity contribution in [2.24, 2.45) is 0 Å². The molecule has 0 bridgehead atoms. The first-order valence-electron chi connectivity index (χ1n) is 9.33. The number of amides is 1. The van der Waals surface area contributed by atoms with Crippen molar-refractivity contribution >= 4 is 38.9 Å². The minimum Gasteiger partial charge on any atom is -0.482 e. The summed E-state index contributed by atoms with van der Waals surface area (Å²) >= 11 is 6.00. The molecular weight excluding hydrogens is 424 g/mol. The molecule has 1 amide bonds. The van der Waals surface area contributed by atoms with E-state index >= 15 is 0 Å². The zero-order valence-corrected chi connectivity index (χ0v) is 17.5. The molecule has 0 aliphatic carbocycles. The van der Waals surface area contributed by atoms with Gasteiger partial charge in [-0.25, -0.2) is 8.42 Å². The number of benzene rings is 3. The predicted octanol–water partition coefficient (Wildman–Crippen LogP) is 4.11. The van der Waals surface area contributed by atoms with Crippen molar-refractivity contribution in [2.45, 2.75) is 11.3 Å². The second-order valence-corrected chi connectivity index (χ2v) is 9.02. The first kappa shape index (κ1) is 20.3. The number of fused-ring (bicyclic) bond motifs is 1. The number of sulfonamides is 1. The number of carbonyl (C=O) groups is 1. The molecule has 6 nitrogen and oxygen atoms in total. The zero-order chi connectivity index (χ0) is 21.1. The molecule has 3 aromatic rings. The van der Waals surface area contributed by atoms with Crippen molar-refractivity contribution in [1.29, 1.82) is 0 Å². The third kappa shape index (κ3) is 4.13. The van der Waals surface area contributed by atoms with E-state index in [1.165, 1.54) is 16.4 Å². The van der Waals surface area contributed by atoms with E-state index in [2.05, 4.69) is 5.32 Å². The molecular formula is C22H19ClN2O4S. The van der Waals surface area contributed by atoms with Crippen molar-refractivity contribution in [3.05, 3.63) is 83.4 Å². The summed E-state index contributed by atoms with van der Waals surface area (Å²) < 4.78 is 32.9. The van der Waals surface area contributed by atoms with E-state index in [0.29, 0.717) is 35.1 Å². The minimum atomic E-state index is -3.67. The zero-order valence-electron chi connectivity index (χ0n) is 15.9. The Morgan fingerprint density at radius 1 is 1.00 bits per heavy atom. The van der Waals surface area contributed by atoms with Crippen molar-refractivity contribution < 1.29 is 17.9 Å². The summed E-state index contributed by atoms with van der Waals surface area (Å²) in [6.07, 6.45) is 0.689. The molecule has 8 heteroatoms. The third-order valence-electron chi connectivity index (χ3n) is 4.77. The summed E-state index contributed by atoms with van der Waals surface area (Å²) in [7, 11) is -3.67. The highest BCUT2D eigenvalue weighted by Gasteiger charge is 2.30. The highest BCUT2D eigenvalue weighted by atomic mass is 35.5. The average molecular weight is 443 g/mol. The molecule has 1 N–H and O–H groups in total. The van der Waals surface area contributed by atoms with Crippen LogP contribution in [0, 0.1) is 0 Å². The molecule has 30 heavy (non-hydrogen) atoms. The predicted molar refractivity (Wildman–Crippen MR) is 117 cm³/mol. The van der Waals surface area contributed by atoms with Gasteiger partial charge in [0.15, 0.2) is 6.61 Å². The Balaban J connectivity index is 1.42. The third-order valence-corrected chi connectivity index (χ3v) is 6.91. The minimum absolute atomic E-state index is 0.171. The normalized spacial score (nSPS) is 13.0. The summed E-state index contributed by atoms with van der Waals surface area (Å²) in [6, 6.07) is 20.5. The highest BCUT2D eigenvalue weighted by Crippen LogP contribution is 2.32. The van der Waals surface area contributed by atoms with Gasteiger partial charge in [-0.1, -0.05) is 41.9 Å². The molecule has 0 radical (unpaired) electrons. The summed E-state index contributed by atoms with van der Waals surface area (Å²) in [5.41, 5.74) is 2.21. The van der Waals surface area contributed by atoms with E-state index in [-0.39, 0.29) is 17.4 Å². The molecule has 1 aliphatic heterocycles. The Labute approximate surface area is 180 Å². The van der Waals surface area contributed by atoms with Crippen LogP contribution in [0.2, 0.25) is 5.02 Å². The maximum atomic E-state index is 13.0. The number of carbonyl (C=O) groups excluding carboxylic acids is 1. The number of hydrogen-bond acceptors (Lipinski definition) is 4. The number of nitrogens with zero attached hydrogens (tertiary/aromatic N) is 1. The van der Waals surface area contributed by atoms with E-state index in [4.69, 9.17) is 16.3 Å². The first-order chi connectivity index (χ1) is 14.4. The number of halogens is 1. The molecule has 0 unspecified atom stereocenters. The topological polar surface area (TPSA) is 75.7 Å². The fraction of sp³-hybridized carbons (Fsp3) is 0.136. The number of ether oxygens (including phenoxy) is 1. The Kier molecular flexibility index (Phi) is 5.65. The standard InChI is InChI=1S/C22H19ClN2O4S/c23-19-6-2-4-8-21(19)29-15-22(26)24-17-9-11-18(12-10-17)30(27,28)25-14-13-16-5-1-3-7-20(16)25/h1-12H,13-15H2,(H,24,26). The summed E-state index contributed by atoms with van der Waals surface area (Å²) in [6.45, 7) is 0.202. The van der Waals surface area contributed by atoms with Crippen molar-refractivity contribution in [3.8, 4) is 5.75 Å². The fourth-order valence-electron chi connectivity index (χ4n) is 3.30. The van der Waals surface area contributed by atoms with Crippen LogP contribution >= 0.6 is 11.6 Å². The highest BCUT2D eigenvalue weighted by molar-refractivity contribution is 7.92. The van der Waals surface area contributed by atoms with Crippen LogP contribution in [0.25, 0.3) is 0 Å². The lowest BCUT2D eigenvalue weighted by molar-refractivity contribution is -0.118. The Bertz CT molecular complexity index is 1180. The van der Waals surface area contributed by atoms with Gasteiger partial charge in [-0.2, -0.15) is 0 Å². The van der Waals surface area contributed by atoms with Crippen LogP contribution in [-0.2, 0) is 21.2 Å². The van der Waals surface area contributed by atoms with Crippen LogP contribution < -0.4 is 14.4 Å². The van der Waals surface area contributed by atoms with Gasteiger partial charge in [0, 0.05) is 12.2 Å². The first-order valence-corrected chi connectivity index (χ1v) is 11.1. The van der Waals surface area contributed by atoms with E-state index in [1.54, 1.807) is 36.4 Å². The van der Waals surface area contributed by atoms with Crippen LogP contribution in [0.15, 0.2) is 77.7 Å². The quantitative estimate of drug-likeness (QED) is 0.623. The molecule has 0 saturated carbocycles. The van der Waals surface area contributed by atoms with Gasteiger partial charge >= 0.3 is 0 Å². The molecule has 0 atom stereocenters. The fourth-order valence-corrected chi connectivity index (χ4v) is 4.99. The summed E-state index contributed by atoms with van der Waals surface area (Å²) in [5.74, 6) is 0.0423. The van der Waals surface area contributed by atoms with Crippen molar-refractivity contribution in [2.75, 3.05) is 22.8 Å². The maximum absolute atomic E-state index is 13.0. The smallest absolute Gasteiger partial charge is 0.264 e. The molecule has 0 saturated heterocycles. The second kappa shape index (κ2) is 8.38. The van der Waals surface area contributed by atoms with Gasteiger partial charge < -0.3 is 10.1 Å². The molecule has 154 valence electrons. The van der Waals surface area contributed by atoms with E-state index in [1.807, 2.05) is 24.3 Å². The SMILES string of the molecule is O=C(COc1ccccc1Cl)Nc1ccc(S(=O)(=O)N2CCc3ccccc32)cc1. The molecule has 1 heterocycles. The van der Waals surface area contributed by atoms with Crippen LogP contribution in [-0.4, -0.2) is 27.5 Å². The largest absolute Gasteiger partial charge is 0.482 e. The molecule has 0 aromatic heterocycles. The van der Waals surface area contributed by atoms with Gasteiger partial charge in [-0.3, -0.25) is 9.10 Å². The molecule has 3 aromatic carbocycles. The number of rotatable bonds is 6. The van der Waals surface area contributed by atoms with Crippen molar-refractivity contribution in [1.82, 2.24) is 0 Å². The number of hydrogen-bond donors (Lipinski definition) is 1. The van der Waals surface area contributed by atoms with Gasteiger partial charge in [-0.15, -0.1) is 0 Å². The van der Waals surface area contributed by atoms with Gasteiger partial charge in [0.1, 0.15) is 5.75 Å². The monoisotopic (exact) mass is 442 g/mol. The molecule has 4 rings (SSSR count). The Morgan fingerprint density at radius 2 is 1.70 bits per heavy atom. The summed E-state index contributed by atoms with van der Waals surface area (Å²) in [4.78, 5) is 12.3. The summed E-state index contributed by atoms with van der Waals surface area (Å²) in [5, 5.41) is 3.10. The maximum Gasteiger partial charge on any atom is 0.264 e. The van der Waals surface area contributed by atoms with Gasteiger partial charge in [0.2, 0.25) is 0 Å². The van der Waals surface area contributed by atoms with Crippen molar-refractivity contribution in [3.63, 3.8) is 0 Å². The Morgan fingerprint density at radius 3 is 2.47 bits per heavy atom. The van der Waals surface area contributed by atoms with Crippen LogP contribution in [0.4, 0.5) is 11.4 Å². The van der Waals surface area contributed by atoms with Crippen LogP contribution in [0.1, 0.15) is 5.56 Å².